The minimum absolute atomic E-state index is 0.154. The normalized spacial score (nSPS) is 13.9. The number of hydrogen-bond acceptors (Lipinski definition) is 5. The third-order valence-corrected chi connectivity index (χ3v) is 6.62. The molecule has 1 aromatic rings. The van der Waals surface area contributed by atoms with Crippen molar-refractivity contribution in [3.05, 3.63) is 21.6 Å². The number of carbonyl (C=O) groups is 1. The summed E-state index contributed by atoms with van der Waals surface area (Å²) in [6, 6.07) is -0.457. The Labute approximate surface area is 200 Å². The van der Waals surface area contributed by atoms with Crippen molar-refractivity contribution < 1.29 is 9.53 Å². The van der Waals surface area contributed by atoms with Gasteiger partial charge in [-0.05, 0) is 46.5 Å². The summed E-state index contributed by atoms with van der Waals surface area (Å²) in [7, 11) is -3.25. The molecule has 33 heavy (non-hydrogen) atoms. The van der Waals surface area contributed by atoms with E-state index in [1.54, 1.807) is 20.8 Å². The van der Waals surface area contributed by atoms with Crippen LogP contribution in [-0.4, -0.2) is 37.7 Å². The lowest BCUT2D eigenvalue weighted by Gasteiger charge is -2.22. The van der Waals surface area contributed by atoms with Gasteiger partial charge in [0, 0.05) is 5.56 Å². The second kappa shape index (κ2) is 10.3. The summed E-state index contributed by atoms with van der Waals surface area (Å²) in [6.45, 7) is 18.3. The van der Waals surface area contributed by atoms with E-state index in [2.05, 4.69) is 67.5 Å². The van der Waals surface area contributed by atoms with Crippen molar-refractivity contribution in [3.63, 3.8) is 0 Å². The fourth-order valence-corrected chi connectivity index (χ4v) is 4.23. The molecule has 6 nitrogen and oxygen atoms in total. The molecule has 1 aromatic heterocycles. The second-order valence-corrected chi connectivity index (χ2v) is 21.2. The number of aryl methyl sites for hydroxylation is 1. The molecule has 0 saturated heterocycles. The molecule has 8 heteroatoms. The van der Waals surface area contributed by atoms with Crippen molar-refractivity contribution in [2.24, 2.45) is 5.41 Å². The van der Waals surface area contributed by atoms with Gasteiger partial charge >= 0.3 is 5.97 Å². The van der Waals surface area contributed by atoms with E-state index in [1.807, 2.05) is 0 Å². The molecule has 1 aliphatic carbocycles. The molecular weight excluding hydrogens is 446 g/mol. The van der Waals surface area contributed by atoms with Gasteiger partial charge in [0.25, 0.3) is 5.56 Å². The van der Waals surface area contributed by atoms with Crippen molar-refractivity contribution in [1.82, 2.24) is 9.55 Å². The second-order valence-electron chi connectivity index (χ2n) is 11.7. The van der Waals surface area contributed by atoms with Crippen LogP contribution in [0.2, 0.25) is 39.3 Å². The van der Waals surface area contributed by atoms with Crippen LogP contribution < -0.4 is 10.9 Å². The Morgan fingerprint density at radius 3 is 2.12 bits per heavy atom. The molecule has 0 unspecified atom stereocenters. The highest BCUT2D eigenvalue weighted by Gasteiger charge is 2.25. The van der Waals surface area contributed by atoms with Crippen molar-refractivity contribution in [2.75, 3.05) is 5.32 Å². The van der Waals surface area contributed by atoms with Gasteiger partial charge in [-0.25, -0.2) is 9.55 Å². The molecule has 1 aliphatic rings. The van der Waals surface area contributed by atoms with Gasteiger partial charge in [-0.3, -0.25) is 9.59 Å². The average Bonchev–Trinajstić information content (AvgIpc) is 2.67. The van der Waals surface area contributed by atoms with E-state index < -0.39 is 27.6 Å². The topological polar surface area (TPSA) is 73.2 Å². The molecule has 1 heterocycles. The van der Waals surface area contributed by atoms with Gasteiger partial charge in [-0.2, -0.15) is 0 Å². The maximum Gasteiger partial charge on any atom is 0.312 e. The van der Waals surface area contributed by atoms with Gasteiger partial charge in [0.2, 0.25) is 5.95 Å². The number of hydrogen-bond donors (Lipinski definition) is 1. The number of carbonyl (C=O) groups excluding carboxylic acids is 1. The number of nitrogens with zero attached hydrogens (tertiary/aromatic N) is 2. The van der Waals surface area contributed by atoms with Gasteiger partial charge in [-0.1, -0.05) is 51.1 Å². The zero-order chi connectivity index (χ0) is 25.0. The van der Waals surface area contributed by atoms with Crippen LogP contribution in [0, 0.1) is 28.3 Å². The van der Waals surface area contributed by atoms with E-state index in [1.165, 1.54) is 4.57 Å². The summed E-state index contributed by atoms with van der Waals surface area (Å²) in [6.07, 6.45) is 3.44. The van der Waals surface area contributed by atoms with Crippen LogP contribution in [0.1, 0.15) is 44.9 Å². The number of nitrogens with one attached hydrogen (secondary N) is 1. The van der Waals surface area contributed by atoms with E-state index in [0.29, 0.717) is 12.4 Å². The number of anilines is 1. The molecule has 0 atom stereocenters. The van der Waals surface area contributed by atoms with Crippen molar-refractivity contribution in [1.29, 1.82) is 0 Å². The smallest absolute Gasteiger partial charge is 0.312 e. The van der Waals surface area contributed by atoms with E-state index in [9.17, 15) is 9.59 Å². The van der Waals surface area contributed by atoms with Gasteiger partial charge in [0.15, 0.2) is 12.8 Å². The number of ether oxygens (including phenoxy) is 1. The fraction of sp³-hybridized carbons (Fsp3) is 0.640. The molecule has 0 fully saturated rings. The van der Waals surface area contributed by atoms with Crippen LogP contribution in [0.25, 0.3) is 0 Å². The Balaban J connectivity index is 2.52. The zero-order valence-corrected chi connectivity index (χ0v) is 23.7. The SMILES string of the molecule is CC(C)(C)C(=O)OCn1c(NC(C#C[Si](C)(C)C)C#C[Si](C)(C)C)nc2c(c1=O)CCCC2. The van der Waals surface area contributed by atoms with Crippen molar-refractivity contribution >= 4 is 28.1 Å². The van der Waals surface area contributed by atoms with E-state index >= 15 is 0 Å². The summed E-state index contributed by atoms with van der Waals surface area (Å²) in [5, 5.41) is 3.30. The molecule has 0 bridgehead atoms. The summed E-state index contributed by atoms with van der Waals surface area (Å²) < 4.78 is 6.92. The molecule has 0 saturated carbocycles. The monoisotopic (exact) mass is 485 g/mol. The zero-order valence-electron chi connectivity index (χ0n) is 21.7. The molecule has 1 N–H and O–H groups in total. The number of aromatic nitrogens is 2. The Bertz CT molecular complexity index is 1030. The van der Waals surface area contributed by atoms with Gasteiger partial charge in [-0.15, -0.1) is 11.1 Å². The van der Waals surface area contributed by atoms with Crippen molar-refractivity contribution in [3.8, 4) is 22.9 Å². The predicted octanol–water partition coefficient (Wildman–Crippen LogP) is 4.21. The Morgan fingerprint density at radius 2 is 1.61 bits per heavy atom. The summed E-state index contributed by atoms with van der Waals surface area (Å²) in [5.41, 5.74) is 7.49. The van der Waals surface area contributed by atoms with Crippen LogP contribution in [0.4, 0.5) is 5.95 Å². The minimum atomic E-state index is -1.63. The molecule has 0 aromatic carbocycles. The predicted molar refractivity (Wildman–Crippen MR) is 140 cm³/mol. The summed E-state index contributed by atoms with van der Waals surface area (Å²) >= 11 is 0. The summed E-state index contributed by atoms with van der Waals surface area (Å²) in [5.74, 6) is 6.56. The number of esters is 1. The Hall–Kier alpha value is -2.30. The first kappa shape index (κ1) is 27.0. The molecule has 2 rings (SSSR count). The lowest BCUT2D eigenvalue weighted by molar-refractivity contribution is -0.157. The standard InChI is InChI=1S/C25H39N3O3Si2/c1-25(2,3)23(30)31-18-28-22(29)20-12-10-11-13-21(20)27-24(28)26-19(14-16-32(4,5)6)15-17-33(7,8)9/h19H,10-13,18H2,1-9H3,(H,26,27). The van der Waals surface area contributed by atoms with Crippen LogP contribution in [0.15, 0.2) is 4.79 Å². The van der Waals surface area contributed by atoms with Gasteiger partial charge in [0.1, 0.15) is 16.1 Å². The van der Waals surface area contributed by atoms with E-state index in [-0.39, 0.29) is 18.3 Å². The third-order valence-electron chi connectivity index (χ3n) is 4.83. The molecule has 180 valence electrons. The first-order chi connectivity index (χ1) is 15.1. The van der Waals surface area contributed by atoms with Crippen LogP contribution in [-0.2, 0) is 29.1 Å². The molecule has 0 aliphatic heterocycles. The lowest BCUT2D eigenvalue weighted by Crippen LogP contribution is -2.35. The van der Waals surface area contributed by atoms with Crippen LogP contribution in [0.3, 0.4) is 0 Å². The first-order valence-electron chi connectivity index (χ1n) is 11.7. The molecule has 0 radical (unpaired) electrons. The maximum absolute atomic E-state index is 13.3. The first-order valence-corrected chi connectivity index (χ1v) is 18.7. The van der Waals surface area contributed by atoms with Gasteiger partial charge < -0.3 is 10.1 Å². The quantitative estimate of drug-likeness (QED) is 0.393. The highest BCUT2D eigenvalue weighted by molar-refractivity contribution is 6.84. The molecule has 0 amide bonds. The van der Waals surface area contributed by atoms with Gasteiger partial charge in [0.05, 0.1) is 11.1 Å². The third kappa shape index (κ3) is 8.53. The Morgan fingerprint density at radius 1 is 1.06 bits per heavy atom. The van der Waals surface area contributed by atoms with Crippen LogP contribution >= 0.6 is 0 Å². The molecular formula is C25H39N3O3Si2. The highest BCUT2D eigenvalue weighted by atomic mass is 28.3. The maximum atomic E-state index is 13.3. The van der Waals surface area contributed by atoms with Crippen molar-refractivity contribution in [2.45, 2.75) is 98.5 Å². The minimum Gasteiger partial charge on any atom is -0.443 e. The summed E-state index contributed by atoms with van der Waals surface area (Å²) in [4.78, 5) is 30.5. The molecule has 0 spiro atoms. The van der Waals surface area contributed by atoms with E-state index in [0.717, 1.165) is 30.5 Å². The van der Waals surface area contributed by atoms with E-state index in [4.69, 9.17) is 9.72 Å². The number of fused-ring (bicyclic) bond motifs is 1. The van der Waals surface area contributed by atoms with Crippen LogP contribution in [0.5, 0.6) is 0 Å². The Kier molecular flexibility index (Phi) is 8.43. The fourth-order valence-electron chi connectivity index (χ4n) is 3.07. The number of rotatable bonds is 4. The highest BCUT2D eigenvalue weighted by Crippen LogP contribution is 2.20. The largest absolute Gasteiger partial charge is 0.443 e. The average molecular weight is 486 g/mol. The lowest BCUT2D eigenvalue weighted by atomic mass is 9.97.